The van der Waals surface area contributed by atoms with E-state index in [1.54, 1.807) is 18.2 Å². The normalized spacial score (nSPS) is 17.7. The lowest BCUT2D eigenvalue weighted by Crippen LogP contribution is -2.45. The summed E-state index contributed by atoms with van der Waals surface area (Å²) in [6.07, 6.45) is 5.77. The van der Waals surface area contributed by atoms with Crippen molar-refractivity contribution in [2.45, 2.75) is 51.1 Å². The molecular weight excluding hydrogens is 516 g/mol. The Bertz CT molecular complexity index is 1470. The Morgan fingerprint density at radius 1 is 1.28 bits per heavy atom. The molecule has 0 spiro atoms. The van der Waals surface area contributed by atoms with Gasteiger partial charge in [-0.15, -0.1) is 5.53 Å². The molecule has 1 unspecified atom stereocenters. The van der Waals surface area contributed by atoms with Crippen molar-refractivity contribution in [3.05, 3.63) is 76.5 Å². The molecule has 1 saturated carbocycles. The molecule has 1 aliphatic carbocycles. The minimum Gasteiger partial charge on any atom is -0.394 e. The highest BCUT2D eigenvalue weighted by Gasteiger charge is 2.38. The number of nitrogens with zero attached hydrogens (tertiary/aromatic N) is 3. The van der Waals surface area contributed by atoms with Gasteiger partial charge in [-0.3, -0.25) is 9.99 Å². The predicted molar refractivity (Wildman–Crippen MR) is 155 cm³/mol. The number of fused-ring (bicyclic) bond motifs is 1. The van der Waals surface area contributed by atoms with Gasteiger partial charge < -0.3 is 21.2 Å². The first kappa shape index (κ1) is 27.1. The number of aliphatic hydroxyl groups is 1. The Hall–Kier alpha value is -3.52. The van der Waals surface area contributed by atoms with E-state index in [1.807, 2.05) is 40.9 Å². The zero-order chi connectivity index (χ0) is 27.9. The average molecular weight is 548 g/mol. The summed E-state index contributed by atoms with van der Waals surface area (Å²) in [6.45, 7) is 5.94. The fraction of sp³-hybridized carbons (Fsp3) is 0.357. The molecule has 3 aromatic rings. The van der Waals surface area contributed by atoms with Crippen molar-refractivity contribution in [2.75, 3.05) is 17.2 Å². The second-order valence-electron chi connectivity index (χ2n) is 11.4. The standard InChI is InChI=1S/C28H32BClFN7O/c1-27(2,3)24(15-39)34-25-16(12-32)13-33-26-21(25)10-19(11-22(26)30)35-28(29,17-4-6-18(31)7-5-17)23-14-38(37-36-23)20-8-9-20/h4-7,10-11,13-14,20,24,35-37,39H,8-9,15,29H2,1-3H3,(H,33,34)/t24-,28?/m1/s1. The number of nitrogens with one attached hydrogen (secondary N) is 4. The van der Waals surface area contributed by atoms with Crippen LogP contribution in [0, 0.1) is 22.6 Å². The third-order valence-corrected chi connectivity index (χ3v) is 7.76. The summed E-state index contributed by atoms with van der Waals surface area (Å²) in [6, 6.07) is 12.4. The minimum atomic E-state index is -0.797. The van der Waals surface area contributed by atoms with E-state index in [9.17, 15) is 14.8 Å². The van der Waals surface area contributed by atoms with Crippen molar-refractivity contribution in [2.24, 2.45) is 5.41 Å². The van der Waals surface area contributed by atoms with E-state index < -0.39 is 5.44 Å². The SMILES string of the molecule is BC(Nc1cc(Cl)c2ncc(C#N)c(N[C@H](CO)C(C)(C)C)c2c1)(C1=CN(C2CC2)NN1)c1ccc(F)cc1. The van der Waals surface area contributed by atoms with E-state index in [0.29, 0.717) is 38.9 Å². The number of benzene rings is 2. The summed E-state index contributed by atoms with van der Waals surface area (Å²) >= 11 is 6.76. The van der Waals surface area contributed by atoms with Crippen molar-refractivity contribution < 1.29 is 9.50 Å². The largest absolute Gasteiger partial charge is 0.394 e. The number of rotatable bonds is 8. The Kier molecular flexibility index (Phi) is 7.10. The van der Waals surface area contributed by atoms with Crippen molar-refractivity contribution in [1.29, 1.82) is 5.26 Å². The van der Waals surface area contributed by atoms with E-state index in [1.165, 1.54) is 18.3 Å². The fourth-order valence-corrected chi connectivity index (χ4v) is 5.05. The Labute approximate surface area is 233 Å². The number of halogens is 2. The number of aromatic nitrogens is 1. The van der Waals surface area contributed by atoms with Crippen LogP contribution in [-0.2, 0) is 5.44 Å². The van der Waals surface area contributed by atoms with Crippen molar-refractivity contribution in [3.8, 4) is 6.07 Å². The van der Waals surface area contributed by atoms with Crippen LogP contribution in [-0.4, -0.2) is 41.6 Å². The molecule has 202 valence electrons. The second kappa shape index (κ2) is 10.2. The smallest absolute Gasteiger partial charge is 0.148 e. The van der Waals surface area contributed by atoms with Crippen LogP contribution in [0.2, 0.25) is 5.02 Å². The van der Waals surface area contributed by atoms with Crippen LogP contribution in [0.5, 0.6) is 0 Å². The highest BCUT2D eigenvalue weighted by Crippen LogP contribution is 2.39. The van der Waals surface area contributed by atoms with Crippen LogP contribution in [0.15, 0.2) is 54.5 Å². The van der Waals surface area contributed by atoms with Crippen LogP contribution in [0.25, 0.3) is 10.9 Å². The summed E-state index contributed by atoms with van der Waals surface area (Å²) in [7, 11) is 2.01. The van der Waals surface area contributed by atoms with Gasteiger partial charge in [-0.05, 0) is 48.1 Å². The van der Waals surface area contributed by atoms with Gasteiger partial charge in [-0.2, -0.15) is 5.26 Å². The van der Waals surface area contributed by atoms with Crippen LogP contribution in [0.1, 0.15) is 44.7 Å². The van der Waals surface area contributed by atoms with E-state index >= 15 is 0 Å². The molecule has 2 heterocycles. The number of anilines is 2. The summed E-state index contributed by atoms with van der Waals surface area (Å²) in [5.74, 6) is -0.316. The Morgan fingerprint density at radius 2 is 2.00 bits per heavy atom. The number of pyridine rings is 1. The third-order valence-electron chi connectivity index (χ3n) is 7.47. The predicted octanol–water partition coefficient (Wildman–Crippen LogP) is 3.94. The van der Waals surface area contributed by atoms with Crippen LogP contribution in [0.3, 0.4) is 0 Å². The molecule has 0 radical (unpaired) electrons. The third kappa shape index (κ3) is 5.35. The van der Waals surface area contributed by atoms with Gasteiger partial charge in [0.1, 0.15) is 19.7 Å². The first-order chi connectivity index (χ1) is 18.5. The number of hydrogen-bond acceptors (Lipinski definition) is 8. The molecule has 2 aromatic carbocycles. The quantitative estimate of drug-likeness (QED) is 0.270. The van der Waals surface area contributed by atoms with Gasteiger partial charge in [0.2, 0.25) is 0 Å². The molecule has 2 atom stereocenters. The average Bonchev–Trinajstić information content (AvgIpc) is 3.62. The molecule has 0 saturated heterocycles. The molecule has 0 bridgehead atoms. The first-order valence-corrected chi connectivity index (χ1v) is 13.4. The summed E-state index contributed by atoms with van der Waals surface area (Å²) in [5.41, 5.74) is 9.26. The van der Waals surface area contributed by atoms with Crippen LogP contribution < -0.4 is 21.6 Å². The molecule has 5 rings (SSSR count). The molecule has 11 heteroatoms. The minimum absolute atomic E-state index is 0.114. The van der Waals surface area contributed by atoms with E-state index in [4.69, 9.17) is 11.6 Å². The maximum absolute atomic E-state index is 13.9. The molecule has 1 fully saturated rings. The molecule has 2 aliphatic rings. The summed E-state index contributed by atoms with van der Waals surface area (Å²) < 4.78 is 13.9. The molecule has 1 aliphatic heterocycles. The molecule has 1 aromatic heterocycles. The summed E-state index contributed by atoms with van der Waals surface area (Å²) in [4.78, 5) is 4.46. The highest BCUT2D eigenvalue weighted by atomic mass is 35.5. The van der Waals surface area contributed by atoms with Gasteiger partial charge in [0, 0.05) is 29.5 Å². The lowest BCUT2D eigenvalue weighted by Gasteiger charge is -2.34. The van der Waals surface area contributed by atoms with Gasteiger partial charge in [-0.1, -0.05) is 44.5 Å². The van der Waals surface area contributed by atoms with E-state index in [-0.39, 0.29) is 23.9 Å². The van der Waals surface area contributed by atoms with Crippen molar-refractivity contribution in [3.63, 3.8) is 0 Å². The van der Waals surface area contributed by atoms with Crippen LogP contribution in [0.4, 0.5) is 15.8 Å². The number of hydrazine groups is 2. The van der Waals surface area contributed by atoms with Gasteiger partial charge in [0.15, 0.2) is 0 Å². The lowest BCUT2D eigenvalue weighted by molar-refractivity contribution is 0.202. The van der Waals surface area contributed by atoms with Crippen LogP contribution >= 0.6 is 11.6 Å². The van der Waals surface area contributed by atoms with Gasteiger partial charge in [0.05, 0.1) is 45.6 Å². The lowest BCUT2D eigenvalue weighted by atomic mass is 9.69. The maximum atomic E-state index is 13.9. The first-order valence-electron chi connectivity index (χ1n) is 13.0. The van der Waals surface area contributed by atoms with Crippen molar-refractivity contribution in [1.82, 2.24) is 21.0 Å². The molecule has 0 amide bonds. The number of nitriles is 1. The molecular formula is C28H32BClFN7O. The molecule has 5 N–H and O–H groups in total. The summed E-state index contributed by atoms with van der Waals surface area (Å²) in [5, 5.41) is 30.1. The maximum Gasteiger partial charge on any atom is 0.148 e. The van der Waals surface area contributed by atoms with Gasteiger partial charge in [0.25, 0.3) is 0 Å². The fourth-order valence-electron chi connectivity index (χ4n) is 4.78. The van der Waals surface area contributed by atoms with Crippen molar-refractivity contribution >= 4 is 41.7 Å². The Balaban J connectivity index is 1.61. The zero-order valence-corrected chi connectivity index (χ0v) is 23.2. The topological polar surface area (TPSA) is 108 Å². The highest BCUT2D eigenvalue weighted by molar-refractivity contribution is 6.36. The van der Waals surface area contributed by atoms with E-state index in [0.717, 1.165) is 24.1 Å². The number of hydrogen-bond donors (Lipinski definition) is 5. The van der Waals surface area contributed by atoms with E-state index in [2.05, 4.69) is 37.7 Å². The molecule has 39 heavy (non-hydrogen) atoms. The number of aliphatic hydroxyl groups excluding tert-OH is 1. The monoisotopic (exact) mass is 547 g/mol. The zero-order valence-electron chi connectivity index (χ0n) is 22.4. The van der Waals surface area contributed by atoms with Gasteiger partial charge >= 0.3 is 0 Å². The Morgan fingerprint density at radius 3 is 2.62 bits per heavy atom. The second-order valence-corrected chi connectivity index (χ2v) is 11.8. The van der Waals surface area contributed by atoms with Gasteiger partial charge in [-0.25, -0.2) is 4.39 Å². The molecule has 8 nitrogen and oxygen atoms in total.